The van der Waals surface area contributed by atoms with Crippen molar-refractivity contribution in [3.05, 3.63) is 29.3 Å². The Balaban J connectivity index is 1.96. The molecule has 1 aromatic rings. The van der Waals surface area contributed by atoms with Crippen molar-refractivity contribution >= 4 is 17.5 Å². The van der Waals surface area contributed by atoms with Gasteiger partial charge in [0.25, 0.3) is 5.91 Å². The van der Waals surface area contributed by atoms with E-state index in [-0.39, 0.29) is 11.3 Å². The van der Waals surface area contributed by atoms with E-state index in [4.69, 9.17) is 0 Å². The summed E-state index contributed by atoms with van der Waals surface area (Å²) in [4.78, 5) is 25.6. The van der Waals surface area contributed by atoms with Crippen LogP contribution < -0.4 is 16.0 Å². The van der Waals surface area contributed by atoms with Crippen molar-refractivity contribution in [1.82, 2.24) is 15.5 Å². The molecule has 6 nitrogen and oxygen atoms in total. The molecule has 3 N–H and O–H groups in total. The quantitative estimate of drug-likeness (QED) is 0.665. The summed E-state index contributed by atoms with van der Waals surface area (Å²) in [5.74, 6) is -1.10. The third-order valence-electron chi connectivity index (χ3n) is 3.99. The van der Waals surface area contributed by atoms with Gasteiger partial charge in [-0.1, -0.05) is 0 Å². The Bertz CT molecular complexity index is 643. The molecule has 0 aliphatic carbocycles. The number of alkyl halides is 3. The summed E-state index contributed by atoms with van der Waals surface area (Å²) in [5, 5.41) is 8.18. The van der Waals surface area contributed by atoms with Crippen molar-refractivity contribution in [2.45, 2.75) is 19.5 Å². The Morgan fingerprint density at radius 1 is 1.19 bits per heavy atom. The van der Waals surface area contributed by atoms with Crippen molar-refractivity contribution in [3.63, 3.8) is 0 Å². The predicted molar refractivity (Wildman–Crippen MR) is 92.0 cm³/mol. The Morgan fingerprint density at radius 3 is 2.50 bits per heavy atom. The van der Waals surface area contributed by atoms with Crippen LogP contribution in [-0.4, -0.2) is 56.0 Å². The molecule has 1 aliphatic rings. The molecule has 2 amide bonds. The van der Waals surface area contributed by atoms with Gasteiger partial charge in [-0.25, -0.2) is 0 Å². The first-order chi connectivity index (χ1) is 12.3. The number of amides is 2. The van der Waals surface area contributed by atoms with Gasteiger partial charge in [0.2, 0.25) is 5.91 Å². The first-order valence-corrected chi connectivity index (χ1v) is 8.47. The zero-order chi connectivity index (χ0) is 19.2. The molecule has 0 aromatic heterocycles. The highest BCUT2D eigenvalue weighted by Gasteiger charge is 2.32. The van der Waals surface area contributed by atoms with Crippen LogP contribution >= 0.6 is 0 Å². The average molecular weight is 372 g/mol. The van der Waals surface area contributed by atoms with Crippen LogP contribution in [0.2, 0.25) is 0 Å². The van der Waals surface area contributed by atoms with Gasteiger partial charge in [-0.2, -0.15) is 13.2 Å². The van der Waals surface area contributed by atoms with Gasteiger partial charge in [-0.15, -0.1) is 0 Å². The molecule has 0 atom stereocenters. The van der Waals surface area contributed by atoms with Crippen LogP contribution in [0.3, 0.4) is 0 Å². The largest absolute Gasteiger partial charge is 0.416 e. The second-order valence-corrected chi connectivity index (χ2v) is 6.18. The molecular weight excluding hydrogens is 349 g/mol. The standard InChI is InChI=1S/C17H23F3N4O2/c1-12(25)23-15-10-13(9-14(11-15)17(18,19)20)16(26)22-3-2-6-24-7-4-21-5-8-24/h9-11,21H,2-8H2,1H3,(H,22,26)(H,23,25). The van der Waals surface area contributed by atoms with Crippen LogP contribution in [0.1, 0.15) is 29.3 Å². The highest BCUT2D eigenvalue weighted by atomic mass is 19.4. The summed E-state index contributed by atoms with van der Waals surface area (Å²) in [7, 11) is 0. The monoisotopic (exact) mass is 372 g/mol. The Morgan fingerprint density at radius 2 is 1.88 bits per heavy atom. The number of anilines is 1. The zero-order valence-corrected chi connectivity index (χ0v) is 14.6. The van der Waals surface area contributed by atoms with Gasteiger partial charge in [-0.3, -0.25) is 9.59 Å². The summed E-state index contributed by atoms with van der Waals surface area (Å²) in [6.07, 6.45) is -3.89. The van der Waals surface area contributed by atoms with Gasteiger partial charge in [0.1, 0.15) is 0 Å². The van der Waals surface area contributed by atoms with Crippen molar-refractivity contribution in [2.75, 3.05) is 44.6 Å². The minimum absolute atomic E-state index is 0.0571. The summed E-state index contributed by atoms with van der Waals surface area (Å²) in [6.45, 7) is 6.14. The first-order valence-electron chi connectivity index (χ1n) is 8.47. The maximum Gasteiger partial charge on any atom is 0.416 e. The number of carbonyl (C=O) groups is 2. The third-order valence-corrected chi connectivity index (χ3v) is 3.99. The molecule has 2 rings (SSSR count). The number of benzene rings is 1. The molecule has 1 fully saturated rings. The molecule has 0 radical (unpaired) electrons. The zero-order valence-electron chi connectivity index (χ0n) is 14.6. The maximum atomic E-state index is 13.0. The summed E-state index contributed by atoms with van der Waals surface area (Å²) < 4.78 is 39.0. The second-order valence-electron chi connectivity index (χ2n) is 6.18. The molecule has 144 valence electrons. The highest BCUT2D eigenvalue weighted by Crippen LogP contribution is 2.32. The second kappa shape index (κ2) is 9.00. The lowest BCUT2D eigenvalue weighted by Crippen LogP contribution is -2.44. The maximum absolute atomic E-state index is 13.0. The molecule has 0 unspecified atom stereocenters. The van der Waals surface area contributed by atoms with Crippen molar-refractivity contribution in [2.24, 2.45) is 0 Å². The van der Waals surface area contributed by atoms with E-state index >= 15 is 0 Å². The van der Waals surface area contributed by atoms with Crippen LogP contribution in [0, 0.1) is 0 Å². The first kappa shape index (κ1) is 20.2. The number of carbonyl (C=O) groups excluding carboxylic acids is 2. The molecule has 26 heavy (non-hydrogen) atoms. The van der Waals surface area contributed by atoms with Crippen LogP contribution in [0.15, 0.2) is 18.2 Å². The number of hydrogen-bond donors (Lipinski definition) is 3. The summed E-state index contributed by atoms with van der Waals surface area (Å²) in [6, 6.07) is 2.84. The van der Waals surface area contributed by atoms with Gasteiger partial charge in [0.15, 0.2) is 0 Å². The molecule has 9 heteroatoms. The third kappa shape index (κ3) is 6.30. The molecule has 1 aliphatic heterocycles. The highest BCUT2D eigenvalue weighted by molar-refractivity contribution is 5.97. The molecule has 0 saturated carbocycles. The van der Waals surface area contributed by atoms with Gasteiger partial charge < -0.3 is 20.9 Å². The molecule has 1 aromatic carbocycles. The van der Waals surface area contributed by atoms with Crippen molar-refractivity contribution < 1.29 is 22.8 Å². The Kier molecular flexibility index (Phi) is 6.98. The molecule has 0 bridgehead atoms. The predicted octanol–water partition coefficient (Wildman–Crippen LogP) is 1.69. The number of rotatable bonds is 6. The van der Waals surface area contributed by atoms with E-state index in [1.54, 1.807) is 0 Å². The van der Waals surface area contributed by atoms with E-state index in [1.165, 1.54) is 13.0 Å². The molecule has 0 spiro atoms. The van der Waals surface area contributed by atoms with E-state index < -0.39 is 23.6 Å². The van der Waals surface area contributed by atoms with Gasteiger partial charge in [-0.05, 0) is 31.2 Å². The number of nitrogens with one attached hydrogen (secondary N) is 3. The lowest BCUT2D eigenvalue weighted by Gasteiger charge is -2.27. The fraction of sp³-hybridized carbons (Fsp3) is 0.529. The lowest BCUT2D eigenvalue weighted by molar-refractivity contribution is -0.137. The van der Waals surface area contributed by atoms with Gasteiger partial charge in [0.05, 0.1) is 5.56 Å². The summed E-state index contributed by atoms with van der Waals surface area (Å²) in [5.41, 5.74) is -1.17. The number of halogens is 3. The van der Waals surface area contributed by atoms with Gasteiger partial charge in [0, 0.05) is 50.9 Å². The lowest BCUT2D eigenvalue weighted by atomic mass is 10.1. The van der Waals surface area contributed by atoms with Crippen LogP contribution in [0.5, 0.6) is 0 Å². The van der Waals surface area contributed by atoms with Crippen LogP contribution in [-0.2, 0) is 11.0 Å². The van der Waals surface area contributed by atoms with E-state index in [2.05, 4.69) is 20.9 Å². The minimum atomic E-state index is -4.61. The number of piperazine rings is 1. The Hall–Kier alpha value is -2.13. The minimum Gasteiger partial charge on any atom is -0.352 e. The van der Waals surface area contributed by atoms with Crippen molar-refractivity contribution in [3.8, 4) is 0 Å². The normalized spacial score (nSPS) is 15.5. The van der Waals surface area contributed by atoms with Crippen LogP contribution in [0.4, 0.5) is 18.9 Å². The SMILES string of the molecule is CC(=O)Nc1cc(C(=O)NCCCN2CCNCC2)cc(C(F)(F)F)c1. The molecular formula is C17H23F3N4O2. The average Bonchev–Trinajstić information content (AvgIpc) is 2.58. The fourth-order valence-corrected chi connectivity index (χ4v) is 2.74. The molecule has 1 saturated heterocycles. The number of hydrogen-bond acceptors (Lipinski definition) is 4. The topological polar surface area (TPSA) is 73.5 Å². The number of nitrogens with zero attached hydrogens (tertiary/aromatic N) is 1. The fourth-order valence-electron chi connectivity index (χ4n) is 2.74. The van der Waals surface area contributed by atoms with E-state index in [0.717, 1.165) is 44.9 Å². The van der Waals surface area contributed by atoms with Crippen LogP contribution in [0.25, 0.3) is 0 Å². The van der Waals surface area contributed by atoms with Gasteiger partial charge >= 0.3 is 6.18 Å². The smallest absolute Gasteiger partial charge is 0.352 e. The van der Waals surface area contributed by atoms with E-state index in [0.29, 0.717) is 13.0 Å². The van der Waals surface area contributed by atoms with Crippen molar-refractivity contribution in [1.29, 1.82) is 0 Å². The van der Waals surface area contributed by atoms with E-state index in [9.17, 15) is 22.8 Å². The van der Waals surface area contributed by atoms with E-state index in [1.807, 2.05) is 0 Å². The Labute approximate surface area is 150 Å². The summed E-state index contributed by atoms with van der Waals surface area (Å²) >= 11 is 0. The molecule has 1 heterocycles.